The summed E-state index contributed by atoms with van der Waals surface area (Å²) in [6.07, 6.45) is 0. The van der Waals surface area contributed by atoms with Crippen molar-refractivity contribution in [2.24, 2.45) is 11.5 Å². The average molecular weight is 332 g/mol. The quantitative estimate of drug-likeness (QED) is 0.429. The van der Waals surface area contributed by atoms with Crippen LogP contribution in [0.25, 0.3) is 0 Å². The maximum absolute atomic E-state index is 12.9. The van der Waals surface area contributed by atoms with Gasteiger partial charge in [-0.2, -0.15) is 0 Å². The first-order valence-electron chi connectivity index (χ1n) is 7.36. The highest BCUT2D eigenvalue weighted by atomic mass is 16.3. The Morgan fingerprint density at radius 1 is 0.750 bits per heavy atom. The van der Waals surface area contributed by atoms with E-state index in [1.165, 1.54) is 36.4 Å². The van der Waals surface area contributed by atoms with Crippen molar-refractivity contribution in [3.8, 4) is 23.0 Å². The molecule has 0 aliphatic heterocycles. The summed E-state index contributed by atoms with van der Waals surface area (Å²) >= 11 is 0. The summed E-state index contributed by atoms with van der Waals surface area (Å²) in [7, 11) is 0. The van der Waals surface area contributed by atoms with Gasteiger partial charge in [-0.05, 0) is 35.4 Å². The summed E-state index contributed by atoms with van der Waals surface area (Å²) < 4.78 is 0. The van der Waals surface area contributed by atoms with Crippen molar-refractivity contribution in [2.75, 3.05) is 13.1 Å². The molecular formula is C17H20N2O5. The molecule has 2 rings (SSSR count). The van der Waals surface area contributed by atoms with Crippen LogP contribution in [0.1, 0.15) is 23.0 Å². The molecule has 0 radical (unpaired) electrons. The van der Waals surface area contributed by atoms with Crippen LogP contribution in [0.4, 0.5) is 0 Å². The van der Waals surface area contributed by atoms with E-state index >= 15 is 0 Å². The fourth-order valence-electron chi connectivity index (χ4n) is 2.59. The smallest absolute Gasteiger partial charge is 0.157 e. The number of benzene rings is 2. The molecular weight excluding hydrogens is 312 g/mol. The third-order valence-corrected chi connectivity index (χ3v) is 3.96. The van der Waals surface area contributed by atoms with Crippen LogP contribution < -0.4 is 11.5 Å². The van der Waals surface area contributed by atoms with Gasteiger partial charge in [-0.15, -0.1) is 0 Å². The van der Waals surface area contributed by atoms with E-state index in [9.17, 15) is 25.2 Å². The van der Waals surface area contributed by atoms with Crippen molar-refractivity contribution >= 4 is 5.78 Å². The number of phenols is 4. The second kappa shape index (κ2) is 7.20. The molecule has 0 amide bonds. The van der Waals surface area contributed by atoms with Crippen molar-refractivity contribution in [1.29, 1.82) is 0 Å². The molecule has 0 spiro atoms. The lowest BCUT2D eigenvalue weighted by atomic mass is 9.83. The molecule has 8 N–H and O–H groups in total. The Hall–Kier alpha value is -2.77. The highest BCUT2D eigenvalue weighted by Gasteiger charge is 2.28. The molecule has 7 nitrogen and oxygen atoms in total. The van der Waals surface area contributed by atoms with Crippen LogP contribution in [-0.2, 0) is 4.79 Å². The number of aromatic hydroxyl groups is 4. The number of carbonyl (C=O) groups is 1. The lowest BCUT2D eigenvalue weighted by Crippen LogP contribution is -2.30. The number of nitrogens with two attached hydrogens (primary N) is 2. The lowest BCUT2D eigenvalue weighted by molar-refractivity contribution is -0.121. The Kier molecular flexibility index (Phi) is 5.28. The van der Waals surface area contributed by atoms with Gasteiger partial charge >= 0.3 is 0 Å². The Bertz CT molecular complexity index is 686. The largest absolute Gasteiger partial charge is 0.504 e. The van der Waals surface area contributed by atoms with E-state index in [2.05, 4.69) is 0 Å². The highest BCUT2D eigenvalue weighted by molar-refractivity contribution is 5.92. The first-order valence-corrected chi connectivity index (χ1v) is 7.36. The number of carbonyl (C=O) groups excluding carboxylic acids is 1. The molecule has 0 aliphatic rings. The van der Waals surface area contributed by atoms with Crippen molar-refractivity contribution in [3.05, 3.63) is 47.5 Å². The fraction of sp³-hybridized carbons (Fsp3) is 0.235. The summed E-state index contributed by atoms with van der Waals surface area (Å²) in [4.78, 5) is 12.9. The van der Waals surface area contributed by atoms with Crippen LogP contribution in [-0.4, -0.2) is 39.3 Å². The molecule has 0 aliphatic carbocycles. The molecule has 7 heteroatoms. The van der Waals surface area contributed by atoms with Crippen LogP contribution in [0.3, 0.4) is 0 Å². The first-order chi connectivity index (χ1) is 11.4. The second-order valence-electron chi connectivity index (χ2n) is 5.48. The van der Waals surface area contributed by atoms with E-state index in [1.807, 2.05) is 0 Å². The zero-order valence-electron chi connectivity index (χ0n) is 12.9. The van der Waals surface area contributed by atoms with E-state index < -0.39 is 11.8 Å². The van der Waals surface area contributed by atoms with Gasteiger partial charge in [0, 0.05) is 13.1 Å². The van der Waals surface area contributed by atoms with Crippen LogP contribution in [0, 0.1) is 0 Å². The molecule has 2 aromatic carbocycles. The Balaban J connectivity index is 2.37. The molecule has 2 atom stereocenters. The molecule has 0 fully saturated rings. The van der Waals surface area contributed by atoms with Crippen molar-refractivity contribution in [1.82, 2.24) is 0 Å². The van der Waals surface area contributed by atoms with E-state index in [0.717, 1.165) is 0 Å². The molecule has 128 valence electrons. The third kappa shape index (κ3) is 3.42. The summed E-state index contributed by atoms with van der Waals surface area (Å²) in [5, 5.41) is 38.0. The number of Topliss-reactive ketones (excluding diaryl/α,β-unsaturated/α-hetero) is 1. The van der Waals surface area contributed by atoms with Crippen LogP contribution in [0.5, 0.6) is 23.0 Å². The SMILES string of the molecule is NCC(C(=O)C(CN)c1ccc(O)c(O)c1)c1ccc(O)c(O)c1. The standard InChI is InChI=1S/C17H20N2O5/c18-7-11(9-1-3-13(20)15(22)5-9)17(24)12(8-19)10-2-4-14(21)16(23)6-10/h1-6,11-12,20-23H,7-8,18-19H2. The first kappa shape index (κ1) is 17.6. The van der Waals surface area contributed by atoms with Gasteiger partial charge in [0.25, 0.3) is 0 Å². The Labute approximate surface area is 138 Å². The maximum atomic E-state index is 12.9. The molecule has 0 saturated carbocycles. The van der Waals surface area contributed by atoms with Crippen molar-refractivity contribution in [2.45, 2.75) is 11.8 Å². The fourth-order valence-corrected chi connectivity index (χ4v) is 2.59. The van der Waals surface area contributed by atoms with Gasteiger partial charge in [0.05, 0.1) is 11.8 Å². The predicted molar refractivity (Wildman–Crippen MR) is 88.1 cm³/mol. The van der Waals surface area contributed by atoms with Gasteiger partial charge in [-0.25, -0.2) is 0 Å². The minimum absolute atomic E-state index is 0.0103. The minimum atomic E-state index is -0.735. The Morgan fingerprint density at radius 2 is 1.12 bits per heavy atom. The summed E-state index contributed by atoms with van der Waals surface area (Å²) in [6, 6.07) is 8.15. The van der Waals surface area contributed by atoms with Gasteiger partial charge in [-0.1, -0.05) is 12.1 Å². The average Bonchev–Trinajstić information content (AvgIpc) is 2.55. The molecule has 0 aromatic heterocycles. The van der Waals surface area contributed by atoms with Gasteiger partial charge in [0.15, 0.2) is 23.0 Å². The second-order valence-corrected chi connectivity index (χ2v) is 5.48. The topological polar surface area (TPSA) is 150 Å². The monoisotopic (exact) mass is 332 g/mol. The molecule has 0 saturated heterocycles. The molecule has 2 unspecified atom stereocenters. The predicted octanol–water partition coefficient (Wildman–Crippen LogP) is 0.863. The number of hydrogen-bond acceptors (Lipinski definition) is 7. The Morgan fingerprint density at radius 3 is 1.42 bits per heavy atom. The number of ketones is 1. The van der Waals surface area contributed by atoms with Crippen LogP contribution >= 0.6 is 0 Å². The molecule has 0 bridgehead atoms. The number of rotatable bonds is 6. The molecule has 24 heavy (non-hydrogen) atoms. The lowest BCUT2D eigenvalue weighted by Gasteiger charge is -2.21. The van der Waals surface area contributed by atoms with Gasteiger partial charge in [0.1, 0.15) is 5.78 Å². The highest BCUT2D eigenvalue weighted by Crippen LogP contribution is 2.33. The number of hydrogen-bond donors (Lipinski definition) is 6. The zero-order chi connectivity index (χ0) is 17.9. The van der Waals surface area contributed by atoms with Gasteiger partial charge in [-0.3, -0.25) is 4.79 Å². The maximum Gasteiger partial charge on any atom is 0.157 e. The van der Waals surface area contributed by atoms with E-state index in [-0.39, 0.29) is 41.9 Å². The minimum Gasteiger partial charge on any atom is -0.504 e. The van der Waals surface area contributed by atoms with E-state index in [4.69, 9.17) is 11.5 Å². The van der Waals surface area contributed by atoms with Gasteiger partial charge in [0.2, 0.25) is 0 Å². The van der Waals surface area contributed by atoms with Crippen LogP contribution in [0.2, 0.25) is 0 Å². The van der Waals surface area contributed by atoms with Crippen LogP contribution in [0.15, 0.2) is 36.4 Å². The summed E-state index contributed by atoms with van der Waals surface area (Å²) in [5.41, 5.74) is 12.4. The molecule has 0 heterocycles. The van der Waals surface area contributed by atoms with Crippen molar-refractivity contribution < 1.29 is 25.2 Å². The summed E-state index contributed by atoms with van der Waals surface area (Å²) in [6.45, 7) is -0.0206. The normalized spacial score (nSPS) is 13.4. The number of phenolic OH excluding ortho intramolecular Hbond substituents is 4. The zero-order valence-corrected chi connectivity index (χ0v) is 12.9. The third-order valence-electron chi connectivity index (χ3n) is 3.96. The molecule has 2 aromatic rings. The van der Waals surface area contributed by atoms with Crippen molar-refractivity contribution in [3.63, 3.8) is 0 Å². The van der Waals surface area contributed by atoms with Gasteiger partial charge < -0.3 is 31.9 Å². The summed E-state index contributed by atoms with van der Waals surface area (Å²) in [5.74, 6) is -3.02. The van der Waals surface area contributed by atoms with E-state index in [0.29, 0.717) is 11.1 Å². The van der Waals surface area contributed by atoms with E-state index in [1.54, 1.807) is 0 Å².